The van der Waals surface area contributed by atoms with Crippen LogP contribution in [0.15, 0.2) is 64.8 Å². The molecule has 2 heterocycles. The molecule has 0 aliphatic carbocycles. The number of thiophene rings is 1. The number of hydrogen-bond acceptors (Lipinski definition) is 3. The maximum Gasteiger partial charge on any atom is 0.191 e. The van der Waals surface area contributed by atoms with Crippen LogP contribution in [0.3, 0.4) is 0 Å². The maximum atomic E-state index is 4.75. The van der Waals surface area contributed by atoms with Gasteiger partial charge in [0.05, 0.1) is 12.9 Å². The van der Waals surface area contributed by atoms with Crippen LogP contribution >= 0.6 is 35.3 Å². The molecule has 0 amide bonds. The highest BCUT2D eigenvalue weighted by Crippen LogP contribution is 2.17. The van der Waals surface area contributed by atoms with E-state index >= 15 is 0 Å². The van der Waals surface area contributed by atoms with Crippen LogP contribution in [-0.2, 0) is 13.1 Å². The molecule has 0 saturated heterocycles. The topological polar surface area (TPSA) is 54.2 Å². The molecule has 3 rings (SSSR count). The van der Waals surface area contributed by atoms with E-state index in [2.05, 4.69) is 75.1 Å². The molecule has 5 nitrogen and oxygen atoms in total. The Bertz CT molecular complexity index is 830. The van der Waals surface area contributed by atoms with E-state index in [4.69, 9.17) is 4.99 Å². The Kier molecular flexibility index (Phi) is 9.49. The van der Waals surface area contributed by atoms with Crippen LogP contribution in [0.1, 0.15) is 36.5 Å². The normalized spacial score (nSPS) is 12.3. The average Bonchev–Trinajstić information content (AvgIpc) is 3.38. The molecule has 1 aromatic carbocycles. The fraction of sp³-hybridized carbons (Fsp3) is 0.333. The summed E-state index contributed by atoms with van der Waals surface area (Å²) in [6, 6.07) is 10.8. The second-order valence-electron chi connectivity index (χ2n) is 6.59. The van der Waals surface area contributed by atoms with E-state index in [0.717, 1.165) is 25.6 Å². The van der Waals surface area contributed by atoms with Gasteiger partial charge in [0.25, 0.3) is 0 Å². The van der Waals surface area contributed by atoms with Gasteiger partial charge in [-0.2, -0.15) is 11.3 Å². The molecule has 7 heteroatoms. The SMILES string of the molecule is CCNC(=NCc1cccc(Cn2ccnc2)c1)NCC(C)c1ccsc1.I. The Hall–Kier alpha value is -1.87. The number of benzene rings is 1. The lowest BCUT2D eigenvalue weighted by Crippen LogP contribution is -2.39. The molecular weight excluding hydrogens is 481 g/mol. The number of nitrogens with zero attached hydrogens (tertiary/aromatic N) is 3. The van der Waals surface area contributed by atoms with Crippen molar-refractivity contribution in [3.63, 3.8) is 0 Å². The third kappa shape index (κ3) is 6.94. The summed E-state index contributed by atoms with van der Waals surface area (Å²) < 4.78 is 2.07. The quantitative estimate of drug-likeness (QED) is 0.268. The summed E-state index contributed by atoms with van der Waals surface area (Å²) in [6.07, 6.45) is 5.62. The van der Waals surface area contributed by atoms with Crippen molar-refractivity contribution in [3.05, 3.63) is 76.5 Å². The van der Waals surface area contributed by atoms with Crippen molar-refractivity contribution in [1.82, 2.24) is 20.2 Å². The van der Waals surface area contributed by atoms with Crippen molar-refractivity contribution >= 4 is 41.3 Å². The fourth-order valence-corrected chi connectivity index (χ4v) is 3.63. The zero-order valence-corrected chi connectivity index (χ0v) is 19.5. The molecule has 0 aliphatic rings. The molecular formula is C21H28IN5S. The summed E-state index contributed by atoms with van der Waals surface area (Å²) in [5, 5.41) is 11.1. The van der Waals surface area contributed by atoms with Crippen LogP contribution in [0.25, 0.3) is 0 Å². The number of nitrogens with one attached hydrogen (secondary N) is 2. The van der Waals surface area contributed by atoms with Crippen LogP contribution in [0.4, 0.5) is 0 Å². The molecule has 0 saturated carbocycles. The first-order valence-corrected chi connectivity index (χ1v) is 10.3. The molecule has 0 spiro atoms. The first-order valence-electron chi connectivity index (χ1n) is 9.32. The number of rotatable bonds is 8. The first-order chi connectivity index (χ1) is 13.2. The Morgan fingerprint density at radius 1 is 1.25 bits per heavy atom. The zero-order chi connectivity index (χ0) is 18.9. The van der Waals surface area contributed by atoms with Gasteiger partial charge in [-0.05, 0) is 46.4 Å². The number of guanidine groups is 1. The van der Waals surface area contributed by atoms with E-state index in [9.17, 15) is 0 Å². The van der Waals surface area contributed by atoms with E-state index in [-0.39, 0.29) is 24.0 Å². The van der Waals surface area contributed by atoms with Crippen molar-refractivity contribution in [2.75, 3.05) is 13.1 Å². The molecule has 1 unspecified atom stereocenters. The van der Waals surface area contributed by atoms with Gasteiger partial charge in [0.2, 0.25) is 0 Å². The van der Waals surface area contributed by atoms with Gasteiger partial charge in [-0.3, -0.25) is 0 Å². The standard InChI is InChI=1S/C21H27N5S.HI/c1-3-23-21(24-12-17(2)20-7-10-27-15-20)25-13-18-5-4-6-19(11-18)14-26-9-8-22-16-26;/h4-11,15-17H,3,12-14H2,1-2H3,(H2,23,24,25);1H. The number of aromatic nitrogens is 2. The van der Waals surface area contributed by atoms with Crippen molar-refractivity contribution in [2.45, 2.75) is 32.9 Å². The lowest BCUT2D eigenvalue weighted by atomic mass is 10.1. The minimum atomic E-state index is 0. The molecule has 28 heavy (non-hydrogen) atoms. The van der Waals surface area contributed by atoms with E-state index < -0.39 is 0 Å². The molecule has 3 aromatic rings. The Morgan fingerprint density at radius 2 is 2.11 bits per heavy atom. The van der Waals surface area contributed by atoms with Gasteiger partial charge < -0.3 is 15.2 Å². The summed E-state index contributed by atoms with van der Waals surface area (Å²) >= 11 is 1.74. The lowest BCUT2D eigenvalue weighted by molar-refractivity contribution is 0.701. The Labute approximate surface area is 188 Å². The molecule has 1 atom stereocenters. The van der Waals surface area contributed by atoms with Crippen LogP contribution in [0.2, 0.25) is 0 Å². The molecule has 2 aromatic heterocycles. The van der Waals surface area contributed by atoms with E-state index in [1.54, 1.807) is 17.5 Å². The second kappa shape index (κ2) is 11.9. The van der Waals surface area contributed by atoms with Crippen molar-refractivity contribution in [3.8, 4) is 0 Å². The van der Waals surface area contributed by atoms with Gasteiger partial charge in [0.15, 0.2) is 5.96 Å². The molecule has 0 aliphatic heterocycles. The third-order valence-electron chi connectivity index (χ3n) is 4.37. The minimum Gasteiger partial charge on any atom is -0.357 e. The molecule has 0 radical (unpaired) electrons. The third-order valence-corrected chi connectivity index (χ3v) is 5.07. The summed E-state index contributed by atoms with van der Waals surface area (Å²) in [5.74, 6) is 1.32. The summed E-state index contributed by atoms with van der Waals surface area (Å²) in [7, 11) is 0. The van der Waals surface area contributed by atoms with Crippen LogP contribution in [-0.4, -0.2) is 28.6 Å². The van der Waals surface area contributed by atoms with Gasteiger partial charge in [-0.1, -0.05) is 31.2 Å². The summed E-state index contributed by atoms with van der Waals surface area (Å²) in [5.41, 5.74) is 3.83. The molecule has 0 bridgehead atoms. The van der Waals surface area contributed by atoms with Crippen LogP contribution < -0.4 is 10.6 Å². The maximum absolute atomic E-state index is 4.75. The Balaban J connectivity index is 0.00000280. The monoisotopic (exact) mass is 509 g/mol. The predicted octanol–water partition coefficient (Wildman–Crippen LogP) is 4.47. The average molecular weight is 509 g/mol. The number of halogens is 1. The highest BCUT2D eigenvalue weighted by Gasteiger charge is 2.07. The summed E-state index contributed by atoms with van der Waals surface area (Å²) in [6.45, 7) is 7.51. The first kappa shape index (κ1) is 22.4. The predicted molar refractivity (Wildman–Crippen MR) is 129 cm³/mol. The molecule has 2 N–H and O–H groups in total. The minimum absolute atomic E-state index is 0. The molecule has 150 valence electrons. The van der Waals surface area contributed by atoms with E-state index in [1.807, 2.05) is 12.5 Å². The zero-order valence-electron chi connectivity index (χ0n) is 16.3. The number of aliphatic imine (C=N–C) groups is 1. The van der Waals surface area contributed by atoms with Crippen molar-refractivity contribution < 1.29 is 0 Å². The smallest absolute Gasteiger partial charge is 0.191 e. The van der Waals surface area contributed by atoms with Gasteiger partial charge in [0.1, 0.15) is 0 Å². The van der Waals surface area contributed by atoms with Crippen LogP contribution in [0.5, 0.6) is 0 Å². The van der Waals surface area contributed by atoms with Crippen molar-refractivity contribution in [2.24, 2.45) is 4.99 Å². The van der Waals surface area contributed by atoms with Gasteiger partial charge >= 0.3 is 0 Å². The van der Waals surface area contributed by atoms with Crippen LogP contribution in [0, 0.1) is 0 Å². The number of imidazole rings is 1. The number of hydrogen-bond donors (Lipinski definition) is 2. The van der Waals surface area contributed by atoms with E-state index in [0.29, 0.717) is 12.5 Å². The second-order valence-corrected chi connectivity index (χ2v) is 7.37. The molecule has 0 fully saturated rings. The lowest BCUT2D eigenvalue weighted by Gasteiger charge is -2.15. The highest BCUT2D eigenvalue weighted by molar-refractivity contribution is 14.0. The fourth-order valence-electron chi connectivity index (χ4n) is 2.85. The Morgan fingerprint density at radius 3 is 2.82 bits per heavy atom. The van der Waals surface area contributed by atoms with Crippen molar-refractivity contribution in [1.29, 1.82) is 0 Å². The largest absolute Gasteiger partial charge is 0.357 e. The van der Waals surface area contributed by atoms with Gasteiger partial charge in [-0.25, -0.2) is 9.98 Å². The summed E-state index contributed by atoms with van der Waals surface area (Å²) in [4.78, 5) is 8.85. The van der Waals surface area contributed by atoms with Gasteiger partial charge in [0, 0.05) is 32.0 Å². The van der Waals surface area contributed by atoms with Gasteiger partial charge in [-0.15, -0.1) is 24.0 Å². The van der Waals surface area contributed by atoms with E-state index in [1.165, 1.54) is 16.7 Å². The highest BCUT2D eigenvalue weighted by atomic mass is 127.